The van der Waals surface area contributed by atoms with Crippen LogP contribution in [-0.4, -0.2) is 26.0 Å². The molecule has 0 aliphatic heterocycles. The lowest BCUT2D eigenvalue weighted by Crippen LogP contribution is -2.35. The van der Waals surface area contributed by atoms with Crippen LogP contribution in [0.5, 0.6) is 11.5 Å². The maximum atomic E-state index is 12.2. The van der Waals surface area contributed by atoms with Gasteiger partial charge in [0.15, 0.2) is 5.78 Å². The number of carbonyl (C=O) groups is 1. The van der Waals surface area contributed by atoms with Crippen molar-refractivity contribution in [3.63, 3.8) is 0 Å². The standard InChI is InChI=1S/C13H19NO3/c1-8(2)12(14)13(15)10-7-9(16-3)5-6-11(10)17-4/h5-8,12H,14H2,1-4H3. The summed E-state index contributed by atoms with van der Waals surface area (Å²) >= 11 is 0. The van der Waals surface area contributed by atoms with Gasteiger partial charge >= 0.3 is 0 Å². The molecule has 0 spiro atoms. The molecule has 2 N–H and O–H groups in total. The average molecular weight is 237 g/mol. The van der Waals surface area contributed by atoms with Crippen LogP contribution >= 0.6 is 0 Å². The van der Waals surface area contributed by atoms with Gasteiger partial charge in [-0.25, -0.2) is 0 Å². The average Bonchev–Trinajstić information content (AvgIpc) is 2.35. The van der Waals surface area contributed by atoms with Crippen molar-refractivity contribution in [2.24, 2.45) is 11.7 Å². The van der Waals surface area contributed by atoms with E-state index in [0.29, 0.717) is 17.1 Å². The first kappa shape index (κ1) is 13.5. The molecule has 17 heavy (non-hydrogen) atoms. The molecule has 0 fully saturated rings. The van der Waals surface area contributed by atoms with Gasteiger partial charge in [-0.3, -0.25) is 4.79 Å². The summed E-state index contributed by atoms with van der Waals surface area (Å²) in [7, 11) is 3.08. The number of methoxy groups -OCH3 is 2. The zero-order valence-corrected chi connectivity index (χ0v) is 10.7. The second-order valence-corrected chi connectivity index (χ2v) is 4.20. The lowest BCUT2D eigenvalue weighted by Gasteiger charge is -2.16. The molecular weight excluding hydrogens is 218 g/mol. The predicted molar refractivity (Wildman–Crippen MR) is 66.7 cm³/mol. The fourth-order valence-corrected chi connectivity index (χ4v) is 1.49. The Bertz CT molecular complexity index is 402. The maximum absolute atomic E-state index is 12.2. The Morgan fingerprint density at radius 1 is 1.24 bits per heavy atom. The highest BCUT2D eigenvalue weighted by Crippen LogP contribution is 2.25. The molecule has 94 valence electrons. The number of benzene rings is 1. The third-order valence-electron chi connectivity index (χ3n) is 2.69. The fraction of sp³-hybridized carbons (Fsp3) is 0.462. The van der Waals surface area contributed by atoms with Crippen molar-refractivity contribution in [1.29, 1.82) is 0 Å². The molecule has 0 radical (unpaired) electrons. The lowest BCUT2D eigenvalue weighted by molar-refractivity contribution is 0.0937. The number of nitrogens with two attached hydrogens (primary N) is 1. The summed E-state index contributed by atoms with van der Waals surface area (Å²) in [6, 6.07) is 4.58. The van der Waals surface area contributed by atoms with Crippen molar-refractivity contribution >= 4 is 5.78 Å². The molecule has 0 bridgehead atoms. The number of ketones is 1. The van der Waals surface area contributed by atoms with Gasteiger partial charge in [0.25, 0.3) is 0 Å². The number of hydrogen-bond donors (Lipinski definition) is 1. The van der Waals surface area contributed by atoms with Gasteiger partial charge in [0.1, 0.15) is 11.5 Å². The first-order valence-electron chi connectivity index (χ1n) is 5.53. The summed E-state index contributed by atoms with van der Waals surface area (Å²) < 4.78 is 10.3. The summed E-state index contributed by atoms with van der Waals surface area (Å²) in [5, 5.41) is 0. The van der Waals surface area contributed by atoms with Gasteiger partial charge in [0.05, 0.1) is 25.8 Å². The van der Waals surface area contributed by atoms with Crippen LogP contribution in [0.3, 0.4) is 0 Å². The third kappa shape index (κ3) is 2.97. The molecule has 1 rings (SSSR count). The Morgan fingerprint density at radius 3 is 2.35 bits per heavy atom. The Kier molecular flexibility index (Phi) is 4.52. The molecule has 0 aliphatic rings. The minimum absolute atomic E-state index is 0.0819. The molecule has 1 atom stereocenters. The Labute approximate surface area is 102 Å². The molecule has 1 aromatic carbocycles. The zero-order valence-electron chi connectivity index (χ0n) is 10.7. The molecule has 0 saturated carbocycles. The number of rotatable bonds is 5. The van der Waals surface area contributed by atoms with Crippen molar-refractivity contribution < 1.29 is 14.3 Å². The molecule has 1 unspecified atom stereocenters. The van der Waals surface area contributed by atoms with E-state index in [1.165, 1.54) is 7.11 Å². The molecule has 1 aromatic rings. The van der Waals surface area contributed by atoms with Crippen LogP contribution in [0.2, 0.25) is 0 Å². The number of ether oxygens (including phenoxy) is 2. The molecular formula is C13H19NO3. The van der Waals surface area contributed by atoms with E-state index in [0.717, 1.165) is 0 Å². The van der Waals surface area contributed by atoms with E-state index in [9.17, 15) is 4.79 Å². The first-order chi connectivity index (χ1) is 8.01. The van der Waals surface area contributed by atoms with Gasteiger partial charge in [-0.2, -0.15) is 0 Å². The van der Waals surface area contributed by atoms with Crippen LogP contribution in [-0.2, 0) is 0 Å². The quantitative estimate of drug-likeness (QED) is 0.794. The minimum atomic E-state index is -0.531. The van der Waals surface area contributed by atoms with Gasteiger partial charge in [0.2, 0.25) is 0 Å². The van der Waals surface area contributed by atoms with Crippen LogP contribution in [0.15, 0.2) is 18.2 Å². The van der Waals surface area contributed by atoms with Crippen LogP contribution < -0.4 is 15.2 Å². The molecule has 0 aromatic heterocycles. The van der Waals surface area contributed by atoms with Crippen LogP contribution in [0, 0.1) is 5.92 Å². The maximum Gasteiger partial charge on any atom is 0.183 e. The molecule has 0 heterocycles. The summed E-state index contributed by atoms with van der Waals surface area (Å²) in [6.45, 7) is 3.82. The smallest absolute Gasteiger partial charge is 0.183 e. The monoisotopic (exact) mass is 237 g/mol. The van der Waals surface area contributed by atoms with Gasteiger partial charge in [0, 0.05) is 0 Å². The number of hydrogen-bond acceptors (Lipinski definition) is 4. The summed E-state index contributed by atoms with van der Waals surface area (Å²) in [5.41, 5.74) is 6.33. The highest BCUT2D eigenvalue weighted by molar-refractivity contribution is 6.02. The number of carbonyl (C=O) groups excluding carboxylic acids is 1. The highest BCUT2D eigenvalue weighted by Gasteiger charge is 2.22. The Morgan fingerprint density at radius 2 is 1.88 bits per heavy atom. The lowest BCUT2D eigenvalue weighted by atomic mass is 9.95. The highest BCUT2D eigenvalue weighted by atomic mass is 16.5. The predicted octanol–water partition coefficient (Wildman–Crippen LogP) is 1.87. The van der Waals surface area contributed by atoms with Crippen LogP contribution in [0.25, 0.3) is 0 Å². The van der Waals surface area contributed by atoms with Gasteiger partial charge in [-0.1, -0.05) is 13.8 Å². The zero-order chi connectivity index (χ0) is 13.0. The normalized spacial score (nSPS) is 12.4. The number of Topliss-reactive ketones (excluding diaryl/α,β-unsaturated/α-hetero) is 1. The van der Waals surface area contributed by atoms with E-state index >= 15 is 0 Å². The van der Waals surface area contributed by atoms with E-state index in [1.807, 2.05) is 13.8 Å². The Hall–Kier alpha value is -1.55. The second kappa shape index (κ2) is 5.68. The SMILES string of the molecule is COc1ccc(OC)c(C(=O)C(N)C(C)C)c1. The Balaban J connectivity index is 3.14. The molecule has 4 nitrogen and oxygen atoms in total. The van der Waals surface area contributed by atoms with Crippen LogP contribution in [0.4, 0.5) is 0 Å². The third-order valence-corrected chi connectivity index (χ3v) is 2.69. The van der Waals surface area contributed by atoms with Gasteiger partial charge in [-0.05, 0) is 24.1 Å². The topological polar surface area (TPSA) is 61.5 Å². The summed E-state index contributed by atoms with van der Waals surface area (Å²) in [6.07, 6.45) is 0. The largest absolute Gasteiger partial charge is 0.497 e. The van der Waals surface area contributed by atoms with Crippen molar-refractivity contribution in [3.8, 4) is 11.5 Å². The molecule has 4 heteroatoms. The van der Waals surface area contributed by atoms with Gasteiger partial charge < -0.3 is 15.2 Å². The molecule has 0 amide bonds. The second-order valence-electron chi connectivity index (χ2n) is 4.20. The molecule has 0 aliphatic carbocycles. The van der Waals surface area contributed by atoms with Crippen molar-refractivity contribution in [3.05, 3.63) is 23.8 Å². The van der Waals surface area contributed by atoms with E-state index in [4.69, 9.17) is 15.2 Å². The van der Waals surface area contributed by atoms with Crippen molar-refractivity contribution in [2.75, 3.05) is 14.2 Å². The van der Waals surface area contributed by atoms with E-state index in [2.05, 4.69) is 0 Å². The summed E-state index contributed by atoms with van der Waals surface area (Å²) in [5.74, 6) is 1.09. The van der Waals surface area contributed by atoms with Crippen molar-refractivity contribution in [2.45, 2.75) is 19.9 Å². The first-order valence-corrected chi connectivity index (χ1v) is 5.53. The van der Waals surface area contributed by atoms with Crippen LogP contribution in [0.1, 0.15) is 24.2 Å². The van der Waals surface area contributed by atoms with E-state index < -0.39 is 6.04 Å². The van der Waals surface area contributed by atoms with E-state index in [-0.39, 0.29) is 11.7 Å². The summed E-state index contributed by atoms with van der Waals surface area (Å²) in [4.78, 5) is 12.2. The van der Waals surface area contributed by atoms with Gasteiger partial charge in [-0.15, -0.1) is 0 Å². The minimum Gasteiger partial charge on any atom is -0.497 e. The van der Waals surface area contributed by atoms with E-state index in [1.54, 1.807) is 25.3 Å². The van der Waals surface area contributed by atoms with Crippen molar-refractivity contribution in [1.82, 2.24) is 0 Å². The molecule has 0 saturated heterocycles. The fourth-order valence-electron chi connectivity index (χ4n) is 1.49.